The maximum atomic E-state index is 5.29. The molecule has 0 aliphatic carbocycles. The van der Waals surface area contributed by atoms with Crippen molar-refractivity contribution in [2.75, 3.05) is 4.90 Å². The van der Waals surface area contributed by atoms with Crippen molar-refractivity contribution in [2.24, 2.45) is 0 Å². The summed E-state index contributed by atoms with van der Waals surface area (Å²) in [4.78, 5) is 33.2. The Morgan fingerprint density at radius 2 is 0.623 bits per heavy atom. The molecule has 0 spiro atoms. The van der Waals surface area contributed by atoms with Gasteiger partial charge in [0.15, 0.2) is 23.3 Å². The van der Waals surface area contributed by atoms with E-state index in [9.17, 15) is 0 Å². The zero-order valence-electron chi connectivity index (χ0n) is 37.0. The van der Waals surface area contributed by atoms with Crippen LogP contribution in [0.3, 0.4) is 0 Å². The Morgan fingerprint density at radius 3 is 1.04 bits per heavy atom. The van der Waals surface area contributed by atoms with Crippen LogP contribution in [0.5, 0.6) is 0 Å². The third-order valence-electron chi connectivity index (χ3n) is 12.6. The van der Waals surface area contributed by atoms with Gasteiger partial charge in [-0.25, -0.2) is 14.9 Å². The fourth-order valence-corrected chi connectivity index (χ4v) is 9.48. The minimum Gasteiger partial charge on any atom is -0.307 e. The third kappa shape index (κ3) is 6.96. The van der Waals surface area contributed by atoms with Crippen LogP contribution >= 0.6 is 0 Å². The molecule has 4 aromatic heterocycles. The zero-order valence-corrected chi connectivity index (χ0v) is 37.0. The van der Waals surface area contributed by atoms with Crippen molar-refractivity contribution in [3.63, 3.8) is 0 Å². The van der Waals surface area contributed by atoms with E-state index in [1.807, 2.05) is 126 Å². The van der Waals surface area contributed by atoms with Crippen LogP contribution in [0.15, 0.2) is 237 Å². The molecule has 4 heterocycles. The highest BCUT2D eigenvalue weighted by molar-refractivity contribution is 6.24. The Labute approximate surface area is 397 Å². The summed E-state index contributed by atoms with van der Waals surface area (Å²) in [5, 5.41) is 4.47. The second-order valence-electron chi connectivity index (χ2n) is 16.8. The van der Waals surface area contributed by atoms with E-state index in [1.54, 1.807) is 0 Å². The molecule has 0 N–H and O–H groups in total. The van der Waals surface area contributed by atoms with Crippen LogP contribution in [0.4, 0.5) is 17.6 Å². The van der Waals surface area contributed by atoms with Crippen LogP contribution in [-0.4, -0.2) is 39.0 Å². The quantitative estimate of drug-likeness (QED) is 0.143. The van der Waals surface area contributed by atoms with Crippen molar-refractivity contribution >= 4 is 61.2 Å². The maximum absolute atomic E-state index is 5.29. The Bertz CT molecular complexity index is 3750. The van der Waals surface area contributed by atoms with Crippen LogP contribution in [-0.2, 0) is 0 Å². The number of para-hydroxylation sites is 3. The highest BCUT2D eigenvalue weighted by Crippen LogP contribution is 2.44. The molecule has 324 valence electrons. The van der Waals surface area contributed by atoms with Gasteiger partial charge in [0.2, 0.25) is 11.9 Å². The Balaban J connectivity index is 1.14. The van der Waals surface area contributed by atoms with Gasteiger partial charge in [-0.2, -0.15) is 19.9 Å². The molecule has 0 aliphatic rings. The molecule has 69 heavy (non-hydrogen) atoms. The van der Waals surface area contributed by atoms with E-state index in [4.69, 9.17) is 29.9 Å². The number of benzene rings is 9. The summed E-state index contributed by atoms with van der Waals surface area (Å²) >= 11 is 0. The molecule has 13 rings (SSSR count). The number of hydrogen-bond donors (Lipinski definition) is 0. The van der Waals surface area contributed by atoms with Crippen molar-refractivity contribution in [1.82, 2.24) is 39.0 Å². The standard InChI is InChI=1S/C60H39N9/c1-7-21-40(22-8-1)55-61-56(41-23-9-2-10-24-41)64-59(63-55)69(60-65-57(42-25-11-3-12-26-42)62-58(66-60)43-27-13-4-14-28-43)46-35-38-52-50(39-46)49-37-36-48-47-33-19-20-34-51(47)67(44-29-15-5-16-30-44)53(48)54(49)68(52)45-31-17-6-18-32-45/h1-39H. The van der Waals surface area contributed by atoms with Crippen LogP contribution < -0.4 is 4.90 Å². The summed E-state index contributed by atoms with van der Waals surface area (Å²) in [5.41, 5.74) is 10.7. The molecule has 0 fully saturated rings. The maximum Gasteiger partial charge on any atom is 0.241 e. The Hall–Kier alpha value is -9.60. The van der Waals surface area contributed by atoms with E-state index in [1.165, 1.54) is 10.8 Å². The van der Waals surface area contributed by atoms with Gasteiger partial charge in [0.1, 0.15) is 0 Å². The van der Waals surface area contributed by atoms with Gasteiger partial charge in [0.05, 0.1) is 27.8 Å². The van der Waals surface area contributed by atoms with Gasteiger partial charge < -0.3 is 9.13 Å². The minimum atomic E-state index is 0.352. The van der Waals surface area contributed by atoms with E-state index in [0.717, 1.165) is 72.2 Å². The van der Waals surface area contributed by atoms with Gasteiger partial charge in [-0.05, 0) is 48.5 Å². The second-order valence-corrected chi connectivity index (χ2v) is 16.8. The second kappa shape index (κ2) is 16.7. The summed E-state index contributed by atoms with van der Waals surface area (Å²) in [5.74, 6) is 2.77. The van der Waals surface area contributed by atoms with E-state index in [0.29, 0.717) is 35.2 Å². The molecule has 13 aromatic rings. The molecular weight excluding hydrogens is 847 g/mol. The molecule has 9 aromatic carbocycles. The summed E-state index contributed by atoms with van der Waals surface area (Å²) < 4.78 is 4.80. The van der Waals surface area contributed by atoms with Gasteiger partial charge in [-0.15, -0.1) is 0 Å². The predicted molar refractivity (Wildman–Crippen MR) is 278 cm³/mol. The molecule has 0 aliphatic heterocycles. The van der Waals surface area contributed by atoms with Crippen molar-refractivity contribution in [3.05, 3.63) is 237 Å². The fraction of sp³-hybridized carbons (Fsp3) is 0. The largest absolute Gasteiger partial charge is 0.307 e. The molecule has 0 saturated carbocycles. The first-order chi connectivity index (χ1) is 34.2. The molecule has 0 unspecified atom stereocenters. The molecule has 9 heteroatoms. The van der Waals surface area contributed by atoms with Gasteiger partial charge in [-0.1, -0.05) is 188 Å². The van der Waals surface area contributed by atoms with Crippen molar-refractivity contribution in [3.8, 4) is 56.9 Å². The average molecular weight is 886 g/mol. The molecule has 0 saturated heterocycles. The lowest BCUT2D eigenvalue weighted by atomic mass is 10.1. The average Bonchev–Trinajstić information content (AvgIpc) is 3.95. The first-order valence-corrected chi connectivity index (χ1v) is 22.9. The van der Waals surface area contributed by atoms with Crippen molar-refractivity contribution < 1.29 is 0 Å². The minimum absolute atomic E-state index is 0.352. The lowest BCUT2D eigenvalue weighted by Crippen LogP contribution is -2.19. The summed E-state index contributed by atoms with van der Waals surface area (Å²) in [6, 6.07) is 81.0. The van der Waals surface area contributed by atoms with Crippen LogP contribution in [0.25, 0.3) is 101 Å². The summed E-state index contributed by atoms with van der Waals surface area (Å²) in [6.45, 7) is 0. The highest BCUT2D eigenvalue weighted by atomic mass is 15.4. The summed E-state index contributed by atoms with van der Waals surface area (Å²) in [6.07, 6.45) is 0. The predicted octanol–water partition coefficient (Wildman–Crippen LogP) is 14.4. The van der Waals surface area contributed by atoms with Gasteiger partial charge >= 0.3 is 0 Å². The molecule has 0 radical (unpaired) electrons. The van der Waals surface area contributed by atoms with Gasteiger partial charge in [0.25, 0.3) is 0 Å². The number of nitrogens with zero attached hydrogens (tertiary/aromatic N) is 9. The van der Waals surface area contributed by atoms with Crippen molar-refractivity contribution in [2.45, 2.75) is 0 Å². The molecule has 0 amide bonds. The van der Waals surface area contributed by atoms with Crippen LogP contribution in [0, 0.1) is 0 Å². The number of rotatable bonds is 9. The molecule has 0 atom stereocenters. The first-order valence-electron chi connectivity index (χ1n) is 22.9. The highest BCUT2D eigenvalue weighted by Gasteiger charge is 2.27. The van der Waals surface area contributed by atoms with Gasteiger partial charge in [-0.3, -0.25) is 0 Å². The summed E-state index contributed by atoms with van der Waals surface area (Å²) in [7, 11) is 0. The lowest BCUT2D eigenvalue weighted by molar-refractivity contribution is 0.964. The van der Waals surface area contributed by atoms with Crippen LogP contribution in [0.2, 0.25) is 0 Å². The van der Waals surface area contributed by atoms with E-state index >= 15 is 0 Å². The SMILES string of the molecule is c1ccc(-c2nc(-c3ccccc3)nc(N(c3ccc4c(c3)c3ccc5c6ccccc6n(-c6ccccc6)c5c3n4-c3ccccc3)c3nc(-c4ccccc4)nc(-c4ccccc4)n3)n2)cc1. The normalized spacial score (nSPS) is 11.5. The number of fused-ring (bicyclic) bond motifs is 7. The fourth-order valence-electron chi connectivity index (χ4n) is 9.48. The smallest absolute Gasteiger partial charge is 0.241 e. The lowest BCUT2D eigenvalue weighted by Gasteiger charge is -2.23. The Kier molecular flexibility index (Phi) is 9.61. The topological polar surface area (TPSA) is 90.4 Å². The number of hydrogen-bond acceptors (Lipinski definition) is 7. The first kappa shape index (κ1) is 39.7. The zero-order chi connectivity index (χ0) is 45.7. The van der Waals surface area contributed by atoms with E-state index in [-0.39, 0.29) is 0 Å². The number of anilines is 3. The Morgan fingerprint density at radius 1 is 0.275 bits per heavy atom. The van der Waals surface area contributed by atoms with Crippen molar-refractivity contribution in [1.29, 1.82) is 0 Å². The molecular formula is C60H39N9. The molecule has 9 nitrogen and oxygen atoms in total. The van der Waals surface area contributed by atoms with Crippen LogP contribution in [0.1, 0.15) is 0 Å². The molecule has 0 bridgehead atoms. The van der Waals surface area contributed by atoms with E-state index in [2.05, 4.69) is 124 Å². The number of aromatic nitrogens is 8. The van der Waals surface area contributed by atoms with E-state index < -0.39 is 0 Å². The monoisotopic (exact) mass is 885 g/mol. The third-order valence-corrected chi connectivity index (χ3v) is 12.6. The van der Waals surface area contributed by atoms with Gasteiger partial charge in [0, 0.05) is 55.2 Å².